The van der Waals surface area contributed by atoms with E-state index in [-0.39, 0.29) is 11.6 Å². The van der Waals surface area contributed by atoms with E-state index in [1.54, 1.807) is 6.07 Å². The summed E-state index contributed by atoms with van der Waals surface area (Å²) in [5.41, 5.74) is 1.04. The first kappa shape index (κ1) is 19.3. The van der Waals surface area contributed by atoms with Gasteiger partial charge in [0.2, 0.25) is 5.95 Å². The molecule has 4 rings (SSSR count). The van der Waals surface area contributed by atoms with Gasteiger partial charge in [-0.05, 0) is 30.9 Å². The van der Waals surface area contributed by atoms with E-state index in [1.807, 2.05) is 18.2 Å². The van der Waals surface area contributed by atoms with Crippen molar-refractivity contribution in [2.24, 2.45) is 0 Å². The summed E-state index contributed by atoms with van der Waals surface area (Å²) in [5, 5.41) is 0.801. The van der Waals surface area contributed by atoms with Gasteiger partial charge in [0.1, 0.15) is 5.82 Å². The molecule has 150 valence electrons. The Balaban J connectivity index is 1.63. The topological polar surface area (TPSA) is 61.5 Å². The molecule has 2 saturated heterocycles. The van der Waals surface area contributed by atoms with Gasteiger partial charge in [-0.2, -0.15) is 4.98 Å². The molecule has 1 atom stereocenters. The van der Waals surface area contributed by atoms with Crippen molar-refractivity contribution >= 4 is 23.4 Å². The van der Waals surface area contributed by atoms with Crippen LogP contribution in [0.15, 0.2) is 35.1 Å². The molecule has 0 spiro atoms. The minimum absolute atomic E-state index is 0.104. The zero-order valence-electron chi connectivity index (χ0n) is 16.1. The predicted molar refractivity (Wildman–Crippen MR) is 113 cm³/mol. The normalized spacial score (nSPS) is 20.8. The van der Waals surface area contributed by atoms with Crippen LogP contribution in [0.2, 0.25) is 5.02 Å². The van der Waals surface area contributed by atoms with Gasteiger partial charge in [0, 0.05) is 36.8 Å². The summed E-state index contributed by atoms with van der Waals surface area (Å²) in [6.45, 7) is 3.76. The van der Waals surface area contributed by atoms with Gasteiger partial charge < -0.3 is 14.5 Å². The number of benzene rings is 1. The quantitative estimate of drug-likeness (QED) is 0.850. The van der Waals surface area contributed by atoms with Crippen LogP contribution in [0, 0.1) is 0 Å². The van der Waals surface area contributed by atoms with Gasteiger partial charge in [-0.25, -0.2) is 0 Å². The summed E-state index contributed by atoms with van der Waals surface area (Å²) < 4.78 is 5.43. The van der Waals surface area contributed by atoms with Crippen molar-refractivity contribution in [1.82, 2.24) is 9.97 Å². The number of aromatic nitrogens is 2. The maximum Gasteiger partial charge on any atom is 0.254 e. The molecule has 0 aliphatic carbocycles. The SMILES string of the molecule is O=c1cc(N2CCOCC2)nc(N2CCCCC[C@H]2Cc2ccccc2Cl)[nH]1. The smallest absolute Gasteiger partial charge is 0.254 e. The number of nitrogens with one attached hydrogen (secondary N) is 1. The second-order valence-corrected chi connectivity index (χ2v) is 7.93. The molecule has 2 aliphatic rings. The number of morpholine rings is 1. The number of hydrogen-bond donors (Lipinski definition) is 1. The molecule has 2 aliphatic heterocycles. The second kappa shape index (κ2) is 8.97. The molecule has 28 heavy (non-hydrogen) atoms. The summed E-state index contributed by atoms with van der Waals surface area (Å²) >= 11 is 6.42. The number of nitrogens with zero attached hydrogens (tertiary/aromatic N) is 3. The van der Waals surface area contributed by atoms with Gasteiger partial charge in [-0.3, -0.25) is 9.78 Å². The van der Waals surface area contributed by atoms with Crippen LogP contribution in [0.4, 0.5) is 11.8 Å². The van der Waals surface area contributed by atoms with Crippen LogP contribution in [0.3, 0.4) is 0 Å². The van der Waals surface area contributed by atoms with Crippen molar-refractivity contribution < 1.29 is 4.74 Å². The highest BCUT2D eigenvalue weighted by Crippen LogP contribution is 2.27. The predicted octanol–water partition coefficient (Wildman–Crippen LogP) is 3.25. The molecule has 1 aromatic heterocycles. The minimum Gasteiger partial charge on any atom is -0.378 e. The first-order valence-corrected chi connectivity index (χ1v) is 10.5. The average molecular weight is 403 g/mol. The molecule has 7 heteroatoms. The molecule has 0 bridgehead atoms. The van der Waals surface area contributed by atoms with E-state index in [9.17, 15) is 4.79 Å². The number of anilines is 2. The molecule has 0 saturated carbocycles. The van der Waals surface area contributed by atoms with Crippen LogP contribution in [-0.4, -0.2) is 48.9 Å². The fourth-order valence-electron chi connectivity index (χ4n) is 4.11. The van der Waals surface area contributed by atoms with Gasteiger partial charge in [-0.15, -0.1) is 0 Å². The van der Waals surface area contributed by atoms with E-state index < -0.39 is 0 Å². The molecular weight excluding hydrogens is 376 g/mol. The standard InChI is InChI=1S/C21H27ClN4O2/c22-18-8-4-3-6-16(18)14-17-7-2-1-5-9-26(17)21-23-19(15-20(27)24-21)25-10-12-28-13-11-25/h3-4,6,8,15,17H,1-2,5,7,9-14H2,(H,23,24,27)/t17-/m0/s1. The first-order valence-electron chi connectivity index (χ1n) is 10.1. The van der Waals surface area contributed by atoms with Crippen molar-refractivity contribution in [2.45, 2.75) is 38.1 Å². The van der Waals surface area contributed by atoms with E-state index in [0.29, 0.717) is 19.2 Å². The molecule has 0 radical (unpaired) electrons. The van der Waals surface area contributed by atoms with Gasteiger partial charge in [0.05, 0.1) is 13.2 Å². The highest BCUT2D eigenvalue weighted by atomic mass is 35.5. The van der Waals surface area contributed by atoms with Crippen LogP contribution in [0.1, 0.15) is 31.2 Å². The van der Waals surface area contributed by atoms with E-state index in [0.717, 1.165) is 55.3 Å². The summed E-state index contributed by atoms with van der Waals surface area (Å²) in [7, 11) is 0. The fourth-order valence-corrected chi connectivity index (χ4v) is 4.32. The molecule has 6 nitrogen and oxygen atoms in total. The number of hydrogen-bond acceptors (Lipinski definition) is 5. The number of halogens is 1. The monoisotopic (exact) mass is 402 g/mol. The molecule has 2 fully saturated rings. The van der Waals surface area contributed by atoms with Gasteiger partial charge in [0.25, 0.3) is 5.56 Å². The summed E-state index contributed by atoms with van der Waals surface area (Å²) in [5.74, 6) is 1.41. The fraction of sp³-hybridized carbons (Fsp3) is 0.524. The lowest BCUT2D eigenvalue weighted by Gasteiger charge is -2.32. The Morgan fingerprint density at radius 3 is 2.79 bits per heavy atom. The van der Waals surface area contributed by atoms with Crippen LogP contribution >= 0.6 is 11.6 Å². The average Bonchev–Trinajstić information content (AvgIpc) is 2.95. The van der Waals surface area contributed by atoms with E-state index in [2.05, 4.69) is 20.9 Å². The maximum absolute atomic E-state index is 12.4. The van der Waals surface area contributed by atoms with Crippen molar-refractivity contribution in [2.75, 3.05) is 42.6 Å². The Morgan fingerprint density at radius 2 is 1.96 bits per heavy atom. The molecular formula is C21H27ClN4O2. The van der Waals surface area contributed by atoms with Crippen LogP contribution in [0.25, 0.3) is 0 Å². The van der Waals surface area contributed by atoms with Gasteiger partial charge in [0.15, 0.2) is 0 Å². The van der Waals surface area contributed by atoms with E-state index in [4.69, 9.17) is 21.3 Å². The Morgan fingerprint density at radius 1 is 1.14 bits per heavy atom. The molecule has 0 amide bonds. The highest BCUT2D eigenvalue weighted by Gasteiger charge is 2.25. The highest BCUT2D eigenvalue weighted by molar-refractivity contribution is 6.31. The lowest BCUT2D eigenvalue weighted by Crippen LogP contribution is -2.41. The summed E-state index contributed by atoms with van der Waals surface area (Å²) in [4.78, 5) is 24.6. The van der Waals surface area contributed by atoms with Crippen molar-refractivity contribution in [3.63, 3.8) is 0 Å². The number of aromatic amines is 1. The van der Waals surface area contributed by atoms with Crippen LogP contribution in [0.5, 0.6) is 0 Å². The third-order valence-corrected chi connectivity index (χ3v) is 5.98. The Kier molecular flexibility index (Phi) is 6.17. The zero-order valence-corrected chi connectivity index (χ0v) is 16.8. The lowest BCUT2D eigenvalue weighted by atomic mass is 10.0. The van der Waals surface area contributed by atoms with Gasteiger partial charge >= 0.3 is 0 Å². The zero-order chi connectivity index (χ0) is 19.3. The van der Waals surface area contributed by atoms with Crippen molar-refractivity contribution in [3.05, 3.63) is 51.3 Å². The molecule has 3 heterocycles. The maximum atomic E-state index is 12.4. The third kappa shape index (κ3) is 4.50. The second-order valence-electron chi connectivity index (χ2n) is 7.52. The largest absolute Gasteiger partial charge is 0.378 e. The van der Waals surface area contributed by atoms with E-state index >= 15 is 0 Å². The Labute approximate surface area is 170 Å². The molecule has 1 aromatic carbocycles. The molecule has 2 aromatic rings. The summed E-state index contributed by atoms with van der Waals surface area (Å²) in [6.07, 6.45) is 5.40. The van der Waals surface area contributed by atoms with Crippen molar-refractivity contribution in [3.8, 4) is 0 Å². The number of H-pyrrole nitrogens is 1. The first-order chi connectivity index (χ1) is 13.7. The summed E-state index contributed by atoms with van der Waals surface area (Å²) in [6, 6.07) is 9.88. The number of rotatable bonds is 4. The van der Waals surface area contributed by atoms with Crippen molar-refractivity contribution in [1.29, 1.82) is 0 Å². The lowest BCUT2D eigenvalue weighted by molar-refractivity contribution is 0.122. The number of ether oxygens (including phenoxy) is 1. The Hall–Kier alpha value is -2.05. The van der Waals surface area contributed by atoms with Crippen LogP contribution in [-0.2, 0) is 11.2 Å². The molecule has 0 unspecified atom stereocenters. The molecule has 1 N–H and O–H groups in total. The third-order valence-electron chi connectivity index (χ3n) is 5.61. The Bertz CT molecular complexity index is 850. The van der Waals surface area contributed by atoms with Gasteiger partial charge in [-0.1, -0.05) is 42.6 Å². The minimum atomic E-state index is -0.104. The van der Waals surface area contributed by atoms with E-state index in [1.165, 1.54) is 12.8 Å². The van der Waals surface area contributed by atoms with Crippen LogP contribution < -0.4 is 15.4 Å².